The Bertz CT molecular complexity index is 866. The molecular weight excluding hydrogens is 352 g/mol. The number of carbonyl (C=O) groups excluding carboxylic acids is 1. The van der Waals surface area contributed by atoms with E-state index in [0.717, 1.165) is 24.0 Å². The highest BCUT2D eigenvalue weighted by molar-refractivity contribution is 6.33. The minimum absolute atomic E-state index is 0.00484. The number of nitro groups is 1. The average Bonchev–Trinajstić information content (AvgIpc) is 2.62. The molecule has 0 saturated heterocycles. The first-order valence-corrected chi connectivity index (χ1v) is 9.16. The summed E-state index contributed by atoms with van der Waals surface area (Å²) in [5.41, 5.74) is 9.37. The SMILES string of the molecule is CCCc1ccccc1C(=O)C1CCc2ccc([N+](=O)[O-])c(Cl)c2C1N. The van der Waals surface area contributed by atoms with Crippen LogP contribution >= 0.6 is 11.6 Å². The van der Waals surface area contributed by atoms with Gasteiger partial charge in [0.25, 0.3) is 5.69 Å². The molecule has 0 aromatic heterocycles. The van der Waals surface area contributed by atoms with E-state index in [4.69, 9.17) is 17.3 Å². The summed E-state index contributed by atoms with van der Waals surface area (Å²) in [4.78, 5) is 23.9. The van der Waals surface area contributed by atoms with Crippen molar-refractivity contribution in [2.75, 3.05) is 0 Å². The number of ketones is 1. The van der Waals surface area contributed by atoms with Gasteiger partial charge in [0.1, 0.15) is 5.02 Å². The Morgan fingerprint density at radius 2 is 2.04 bits per heavy atom. The Labute approximate surface area is 157 Å². The predicted octanol–water partition coefficient (Wildman–Crippen LogP) is 4.65. The van der Waals surface area contributed by atoms with E-state index >= 15 is 0 Å². The number of benzene rings is 2. The third-order valence-electron chi connectivity index (χ3n) is 5.08. The third-order valence-corrected chi connectivity index (χ3v) is 5.47. The first kappa shape index (κ1) is 18.5. The predicted molar refractivity (Wildman–Crippen MR) is 102 cm³/mol. The molecule has 0 bridgehead atoms. The fourth-order valence-electron chi connectivity index (χ4n) is 3.77. The van der Waals surface area contributed by atoms with Crippen LogP contribution in [-0.2, 0) is 12.8 Å². The van der Waals surface area contributed by atoms with Gasteiger partial charge >= 0.3 is 0 Å². The number of hydrogen-bond acceptors (Lipinski definition) is 4. The molecule has 0 amide bonds. The number of Topliss-reactive ketones (excluding diaryl/α,β-unsaturated/α-hetero) is 1. The van der Waals surface area contributed by atoms with Crippen molar-refractivity contribution >= 4 is 23.1 Å². The highest BCUT2D eigenvalue weighted by Crippen LogP contribution is 2.42. The quantitative estimate of drug-likeness (QED) is 0.470. The Kier molecular flexibility index (Phi) is 5.39. The number of carbonyl (C=O) groups is 1. The lowest BCUT2D eigenvalue weighted by Gasteiger charge is -2.31. The fourth-order valence-corrected chi connectivity index (χ4v) is 4.15. The lowest BCUT2D eigenvalue weighted by atomic mass is 9.75. The molecule has 2 N–H and O–H groups in total. The second kappa shape index (κ2) is 7.56. The summed E-state index contributed by atoms with van der Waals surface area (Å²) in [7, 11) is 0. The van der Waals surface area contributed by atoms with E-state index < -0.39 is 16.9 Å². The average molecular weight is 373 g/mol. The van der Waals surface area contributed by atoms with E-state index in [9.17, 15) is 14.9 Å². The van der Waals surface area contributed by atoms with E-state index in [1.54, 1.807) is 6.07 Å². The summed E-state index contributed by atoms with van der Waals surface area (Å²) < 4.78 is 0. The minimum atomic E-state index is -0.645. The molecule has 1 aliphatic rings. The molecule has 0 radical (unpaired) electrons. The third kappa shape index (κ3) is 3.24. The number of nitrogens with zero attached hydrogens (tertiary/aromatic N) is 1. The van der Waals surface area contributed by atoms with Gasteiger partial charge in [0.15, 0.2) is 5.78 Å². The number of halogens is 1. The van der Waals surface area contributed by atoms with E-state index in [1.807, 2.05) is 24.3 Å². The summed E-state index contributed by atoms with van der Waals surface area (Å²) in [6.45, 7) is 2.07. The van der Waals surface area contributed by atoms with Gasteiger partial charge in [-0.25, -0.2) is 0 Å². The minimum Gasteiger partial charge on any atom is -0.323 e. The number of nitro benzene ring substituents is 1. The lowest BCUT2D eigenvalue weighted by Crippen LogP contribution is -2.33. The zero-order valence-corrected chi connectivity index (χ0v) is 15.3. The van der Waals surface area contributed by atoms with E-state index in [1.165, 1.54) is 6.07 Å². The van der Waals surface area contributed by atoms with E-state index in [2.05, 4.69) is 6.92 Å². The monoisotopic (exact) mass is 372 g/mol. The molecule has 1 aliphatic carbocycles. The summed E-state index contributed by atoms with van der Waals surface area (Å²) in [5.74, 6) is -0.435. The van der Waals surface area contributed by atoms with Crippen molar-refractivity contribution in [1.29, 1.82) is 0 Å². The Balaban J connectivity index is 1.99. The number of hydrogen-bond donors (Lipinski definition) is 1. The van der Waals surface area contributed by atoms with Gasteiger partial charge in [0.2, 0.25) is 0 Å². The molecule has 2 atom stereocenters. The van der Waals surface area contributed by atoms with Crippen LogP contribution in [0.15, 0.2) is 36.4 Å². The fraction of sp³-hybridized carbons (Fsp3) is 0.350. The van der Waals surface area contributed by atoms with Crippen molar-refractivity contribution in [2.45, 2.75) is 38.6 Å². The van der Waals surface area contributed by atoms with E-state index in [0.29, 0.717) is 24.0 Å². The number of rotatable bonds is 5. The highest BCUT2D eigenvalue weighted by Gasteiger charge is 2.36. The molecule has 0 fully saturated rings. The van der Waals surface area contributed by atoms with Crippen LogP contribution in [-0.4, -0.2) is 10.7 Å². The van der Waals surface area contributed by atoms with Gasteiger partial charge in [0, 0.05) is 23.6 Å². The first-order chi connectivity index (χ1) is 12.5. The summed E-state index contributed by atoms with van der Waals surface area (Å²) >= 11 is 6.28. The standard InChI is InChI=1S/C20H21ClN2O3/c1-2-5-12-6-3-4-7-14(12)20(24)15-10-8-13-9-11-16(23(25)26)18(21)17(13)19(15)22/h3-4,6-7,9,11,15,19H,2,5,8,10,22H2,1H3. The molecule has 5 nitrogen and oxygen atoms in total. The lowest BCUT2D eigenvalue weighted by molar-refractivity contribution is -0.384. The van der Waals surface area contributed by atoms with Crippen LogP contribution in [0, 0.1) is 16.0 Å². The highest BCUT2D eigenvalue weighted by atomic mass is 35.5. The molecule has 2 unspecified atom stereocenters. The van der Waals surface area contributed by atoms with Crippen molar-refractivity contribution in [3.8, 4) is 0 Å². The zero-order chi connectivity index (χ0) is 18.8. The van der Waals surface area contributed by atoms with Crippen molar-refractivity contribution in [3.05, 3.63) is 73.8 Å². The van der Waals surface area contributed by atoms with Crippen LogP contribution in [0.1, 0.15) is 52.9 Å². The number of nitrogens with two attached hydrogens (primary N) is 1. The molecular formula is C20H21ClN2O3. The van der Waals surface area contributed by atoms with Crippen LogP contribution in [0.2, 0.25) is 5.02 Å². The van der Waals surface area contributed by atoms with Crippen molar-refractivity contribution < 1.29 is 9.72 Å². The molecule has 136 valence electrons. The second-order valence-corrected chi connectivity index (χ2v) is 7.05. The Morgan fingerprint density at radius 3 is 2.73 bits per heavy atom. The maximum atomic E-state index is 13.2. The van der Waals surface area contributed by atoms with Gasteiger partial charge in [-0.2, -0.15) is 0 Å². The molecule has 0 spiro atoms. The van der Waals surface area contributed by atoms with Crippen LogP contribution in [0.3, 0.4) is 0 Å². The van der Waals surface area contributed by atoms with Gasteiger partial charge in [-0.05, 0) is 36.0 Å². The van der Waals surface area contributed by atoms with Crippen molar-refractivity contribution in [1.82, 2.24) is 0 Å². The van der Waals surface area contributed by atoms with Crippen LogP contribution in [0.4, 0.5) is 5.69 Å². The maximum absolute atomic E-state index is 13.2. The summed E-state index contributed by atoms with van der Waals surface area (Å²) in [6, 6.07) is 10.1. The zero-order valence-electron chi connectivity index (χ0n) is 14.6. The molecule has 6 heteroatoms. The molecule has 0 heterocycles. The molecule has 0 aliphatic heterocycles. The molecule has 26 heavy (non-hydrogen) atoms. The normalized spacial score (nSPS) is 19.0. The summed E-state index contributed by atoms with van der Waals surface area (Å²) in [6.07, 6.45) is 3.02. The number of aryl methyl sites for hydroxylation is 2. The molecule has 2 aromatic carbocycles. The Morgan fingerprint density at radius 1 is 1.31 bits per heavy atom. The molecule has 2 aromatic rings. The van der Waals surface area contributed by atoms with Crippen LogP contribution in [0.5, 0.6) is 0 Å². The maximum Gasteiger partial charge on any atom is 0.288 e. The van der Waals surface area contributed by atoms with Crippen molar-refractivity contribution in [3.63, 3.8) is 0 Å². The molecule has 0 saturated carbocycles. The number of fused-ring (bicyclic) bond motifs is 1. The van der Waals surface area contributed by atoms with Crippen LogP contribution < -0.4 is 5.73 Å². The van der Waals surface area contributed by atoms with Crippen LogP contribution in [0.25, 0.3) is 0 Å². The molecule has 3 rings (SSSR count). The Hall–Kier alpha value is -2.24. The smallest absolute Gasteiger partial charge is 0.288 e. The van der Waals surface area contributed by atoms with E-state index in [-0.39, 0.29) is 16.5 Å². The van der Waals surface area contributed by atoms with Crippen molar-refractivity contribution in [2.24, 2.45) is 11.7 Å². The van der Waals surface area contributed by atoms with Gasteiger partial charge in [-0.1, -0.05) is 55.3 Å². The van der Waals surface area contributed by atoms with Gasteiger partial charge in [0.05, 0.1) is 4.92 Å². The first-order valence-electron chi connectivity index (χ1n) is 8.79. The van der Waals surface area contributed by atoms with Gasteiger partial charge < -0.3 is 5.73 Å². The van der Waals surface area contributed by atoms with Gasteiger partial charge in [-0.15, -0.1) is 0 Å². The second-order valence-electron chi connectivity index (χ2n) is 6.67. The largest absolute Gasteiger partial charge is 0.323 e. The van der Waals surface area contributed by atoms with Gasteiger partial charge in [-0.3, -0.25) is 14.9 Å². The topological polar surface area (TPSA) is 86.2 Å². The summed E-state index contributed by atoms with van der Waals surface area (Å²) in [5, 5.41) is 11.2.